The minimum absolute atomic E-state index is 0.0268. The third-order valence-corrected chi connectivity index (χ3v) is 6.68. The molecule has 25 heavy (non-hydrogen) atoms. The van der Waals surface area contributed by atoms with Crippen LogP contribution in [-0.4, -0.2) is 24.6 Å². The molecule has 0 aliphatic rings. The summed E-state index contributed by atoms with van der Waals surface area (Å²) in [4.78, 5) is 17.0. The van der Waals surface area contributed by atoms with Crippen LogP contribution >= 0.6 is 11.3 Å². The van der Waals surface area contributed by atoms with Gasteiger partial charge in [0.1, 0.15) is 5.82 Å². The highest BCUT2D eigenvalue weighted by Gasteiger charge is 2.20. The zero-order chi connectivity index (χ0) is 18.2. The highest BCUT2D eigenvalue weighted by Crippen LogP contribution is 2.20. The third kappa shape index (κ3) is 3.27. The van der Waals surface area contributed by atoms with Crippen molar-refractivity contribution in [1.29, 1.82) is 0 Å². The fraction of sp³-hybridized carbons (Fsp3) is 0.176. The Hall–Kier alpha value is -2.32. The number of sulfone groups is 1. The van der Waals surface area contributed by atoms with E-state index in [4.69, 9.17) is 0 Å². The molecule has 1 amide bonds. The highest BCUT2D eigenvalue weighted by atomic mass is 32.2. The standard InChI is InChI=1S/C17H15FN2O3S2/c1-3-25(22,23)15-7-5-4-6-12(15)16(21)19-17-20(2)13-9-8-11(18)10-14(13)24-17/h4-10H,3H2,1-2H3. The monoisotopic (exact) mass is 378 g/mol. The molecule has 1 aromatic heterocycles. The van der Waals surface area contributed by atoms with E-state index in [1.54, 1.807) is 29.8 Å². The van der Waals surface area contributed by atoms with Gasteiger partial charge in [-0.2, -0.15) is 4.99 Å². The van der Waals surface area contributed by atoms with Gasteiger partial charge in [0.25, 0.3) is 5.91 Å². The summed E-state index contributed by atoms with van der Waals surface area (Å²) in [5.41, 5.74) is 0.778. The summed E-state index contributed by atoms with van der Waals surface area (Å²) < 4.78 is 40.1. The van der Waals surface area contributed by atoms with Crippen LogP contribution in [0.3, 0.4) is 0 Å². The minimum atomic E-state index is -3.54. The lowest BCUT2D eigenvalue weighted by Gasteiger charge is -2.05. The van der Waals surface area contributed by atoms with Gasteiger partial charge in [-0.05, 0) is 30.3 Å². The number of amides is 1. The van der Waals surface area contributed by atoms with Crippen LogP contribution in [0.25, 0.3) is 10.2 Å². The van der Waals surface area contributed by atoms with Crippen molar-refractivity contribution in [3.05, 3.63) is 58.6 Å². The SMILES string of the molecule is CCS(=O)(=O)c1ccccc1C(=O)N=c1sc2cc(F)ccc2n1C. The first kappa shape index (κ1) is 17.5. The molecule has 0 aliphatic heterocycles. The first-order valence-corrected chi connectivity index (χ1v) is 9.96. The number of hydrogen-bond acceptors (Lipinski definition) is 4. The van der Waals surface area contributed by atoms with Crippen LogP contribution in [0.15, 0.2) is 52.4 Å². The summed E-state index contributed by atoms with van der Waals surface area (Å²) in [7, 11) is -1.82. The van der Waals surface area contributed by atoms with Crippen LogP contribution in [0.5, 0.6) is 0 Å². The Bertz CT molecular complexity index is 1140. The molecule has 1 heterocycles. The van der Waals surface area contributed by atoms with E-state index < -0.39 is 15.7 Å². The van der Waals surface area contributed by atoms with E-state index in [1.807, 2.05) is 0 Å². The molecule has 3 aromatic rings. The number of halogens is 1. The van der Waals surface area contributed by atoms with Crippen molar-refractivity contribution in [1.82, 2.24) is 4.57 Å². The van der Waals surface area contributed by atoms with E-state index in [9.17, 15) is 17.6 Å². The summed E-state index contributed by atoms with van der Waals surface area (Å²) in [6, 6.07) is 10.3. The molecule has 0 bridgehead atoms. The lowest BCUT2D eigenvalue weighted by molar-refractivity contribution is 0.0995. The van der Waals surface area contributed by atoms with Gasteiger partial charge in [0.05, 0.1) is 26.4 Å². The Balaban J connectivity index is 2.16. The third-order valence-electron chi connectivity index (χ3n) is 3.80. The van der Waals surface area contributed by atoms with Crippen molar-refractivity contribution >= 4 is 37.3 Å². The largest absolute Gasteiger partial charge is 0.319 e. The number of rotatable bonds is 3. The topological polar surface area (TPSA) is 68.5 Å². The average Bonchev–Trinajstić information content (AvgIpc) is 2.89. The molecule has 3 rings (SSSR count). The molecule has 0 atom stereocenters. The minimum Gasteiger partial charge on any atom is -0.319 e. The van der Waals surface area contributed by atoms with Crippen LogP contribution in [0.2, 0.25) is 0 Å². The first-order chi connectivity index (χ1) is 11.8. The first-order valence-electron chi connectivity index (χ1n) is 7.49. The normalized spacial score (nSPS) is 12.7. The van der Waals surface area contributed by atoms with Crippen LogP contribution in [0.1, 0.15) is 17.3 Å². The molecule has 5 nitrogen and oxygen atoms in total. The number of carbonyl (C=O) groups is 1. The molecule has 0 saturated heterocycles. The molecule has 0 N–H and O–H groups in total. The van der Waals surface area contributed by atoms with Crippen molar-refractivity contribution in [2.45, 2.75) is 11.8 Å². The van der Waals surface area contributed by atoms with E-state index >= 15 is 0 Å². The second kappa shape index (κ2) is 6.53. The molecule has 0 radical (unpaired) electrons. The second-order valence-corrected chi connectivity index (χ2v) is 8.63. The smallest absolute Gasteiger partial charge is 0.280 e. The summed E-state index contributed by atoms with van der Waals surface area (Å²) >= 11 is 1.17. The molecular formula is C17H15FN2O3S2. The van der Waals surface area contributed by atoms with Gasteiger partial charge in [0.2, 0.25) is 0 Å². The maximum Gasteiger partial charge on any atom is 0.280 e. The Morgan fingerprint density at radius 1 is 1.24 bits per heavy atom. The number of thiazole rings is 1. The predicted octanol–water partition coefficient (Wildman–Crippen LogP) is 2.91. The summed E-state index contributed by atoms with van der Waals surface area (Å²) in [6.07, 6.45) is 0. The van der Waals surface area contributed by atoms with Gasteiger partial charge in [0, 0.05) is 7.05 Å². The highest BCUT2D eigenvalue weighted by molar-refractivity contribution is 7.91. The molecule has 8 heteroatoms. The van der Waals surface area contributed by atoms with E-state index in [-0.39, 0.29) is 22.0 Å². The number of hydrogen-bond donors (Lipinski definition) is 0. The molecule has 0 aliphatic carbocycles. The Morgan fingerprint density at radius 2 is 1.96 bits per heavy atom. The van der Waals surface area contributed by atoms with E-state index in [0.29, 0.717) is 9.50 Å². The predicted molar refractivity (Wildman–Crippen MR) is 94.8 cm³/mol. The van der Waals surface area contributed by atoms with Crippen molar-refractivity contribution in [2.75, 3.05) is 5.75 Å². The lowest BCUT2D eigenvalue weighted by Crippen LogP contribution is -2.15. The van der Waals surface area contributed by atoms with Gasteiger partial charge in [-0.3, -0.25) is 4.79 Å². The summed E-state index contributed by atoms with van der Waals surface area (Å²) in [5.74, 6) is -1.12. The molecule has 0 saturated carbocycles. The second-order valence-electron chi connectivity index (χ2n) is 5.37. The van der Waals surface area contributed by atoms with E-state index in [2.05, 4.69) is 4.99 Å². The van der Waals surface area contributed by atoms with Crippen LogP contribution in [0, 0.1) is 5.82 Å². The van der Waals surface area contributed by atoms with Crippen LogP contribution < -0.4 is 4.80 Å². The number of nitrogens with zero attached hydrogens (tertiary/aromatic N) is 2. The number of benzene rings is 2. The van der Waals surface area contributed by atoms with E-state index in [0.717, 1.165) is 5.52 Å². The van der Waals surface area contributed by atoms with Gasteiger partial charge in [-0.1, -0.05) is 30.4 Å². The number of aromatic nitrogens is 1. The van der Waals surface area contributed by atoms with Gasteiger partial charge in [-0.25, -0.2) is 12.8 Å². The quantitative estimate of drug-likeness (QED) is 0.704. The Morgan fingerprint density at radius 3 is 2.68 bits per heavy atom. The van der Waals surface area contributed by atoms with Crippen molar-refractivity contribution in [3.8, 4) is 0 Å². The molecule has 2 aromatic carbocycles. The van der Waals surface area contributed by atoms with Crippen LogP contribution in [-0.2, 0) is 16.9 Å². The fourth-order valence-electron chi connectivity index (χ4n) is 2.43. The average molecular weight is 378 g/mol. The van der Waals surface area contributed by atoms with Gasteiger partial charge in [0.15, 0.2) is 14.6 Å². The molecule has 0 fully saturated rings. The number of carbonyl (C=O) groups excluding carboxylic acids is 1. The number of aryl methyl sites for hydroxylation is 1. The van der Waals surface area contributed by atoms with Crippen molar-refractivity contribution in [3.63, 3.8) is 0 Å². The van der Waals surface area contributed by atoms with Crippen molar-refractivity contribution in [2.24, 2.45) is 12.0 Å². The maximum absolute atomic E-state index is 13.4. The van der Waals surface area contributed by atoms with Gasteiger partial charge < -0.3 is 4.57 Å². The lowest BCUT2D eigenvalue weighted by atomic mass is 10.2. The Kier molecular flexibility index (Phi) is 4.57. The fourth-order valence-corrected chi connectivity index (χ4v) is 4.56. The van der Waals surface area contributed by atoms with Gasteiger partial charge in [-0.15, -0.1) is 0 Å². The van der Waals surface area contributed by atoms with Crippen molar-refractivity contribution < 1.29 is 17.6 Å². The van der Waals surface area contributed by atoms with Gasteiger partial charge >= 0.3 is 0 Å². The Labute approximate surface area is 148 Å². The molecule has 0 spiro atoms. The van der Waals surface area contributed by atoms with E-state index in [1.165, 1.54) is 42.5 Å². The van der Waals surface area contributed by atoms with Crippen LogP contribution in [0.4, 0.5) is 4.39 Å². The molecular weight excluding hydrogens is 363 g/mol. The maximum atomic E-state index is 13.4. The summed E-state index contributed by atoms with van der Waals surface area (Å²) in [5, 5.41) is 0. The molecule has 130 valence electrons. The zero-order valence-electron chi connectivity index (χ0n) is 13.6. The molecule has 0 unspecified atom stereocenters. The zero-order valence-corrected chi connectivity index (χ0v) is 15.2. The number of fused-ring (bicyclic) bond motifs is 1. The summed E-state index contributed by atoms with van der Waals surface area (Å²) in [6.45, 7) is 1.52.